The Balaban J connectivity index is 2.26. The van der Waals surface area contributed by atoms with Gasteiger partial charge in [-0.05, 0) is 34.1 Å². The predicted molar refractivity (Wildman–Crippen MR) is 69.4 cm³/mol. The van der Waals surface area contributed by atoms with E-state index in [1.54, 1.807) is 37.6 Å². The summed E-state index contributed by atoms with van der Waals surface area (Å²) < 4.78 is 11.7. The van der Waals surface area contributed by atoms with Crippen molar-refractivity contribution in [3.05, 3.63) is 41.0 Å². The highest BCUT2D eigenvalue weighted by molar-refractivity contribution is 9.10. The van der Waals surface area contributed by atoms with Gasteiger partial charge in [0.1, 0.15) is 0 Å². The average Bonchev–Trinajstić information content (AvgIpc) is 2.34. The molecular weight excluding hydrogens is 284 g/mol. The van der Waals surface area contributed by atoms with E-state index in [-0.39, 0.29) is 0 Å². The third-order valence-electron chi connectivity index (χ3n) is 2.10. The summed E-state index contributed by atoms with van der Waals surface area (Å²) in [4.78, 5) is 4.12. The van der Waals surface area contributed by atoms with Gasteiger partial charge in [-0.2, -0.15) is 0 Å². The Labute approximate surface area is 108 Å². The van der Waals surface area contributed by atoms with Crippen LogP contribution in [0, 0.1) is 0 Å². The summed E-state index contributed by atoms with van der Waals surface area (Å²) in [7, 11) is 1.57. The standard InChI is InChI=1S/C12H11BrN2O2/c1-16-11-6-9(14)3-4-10(11)17-12-5-2-8(13)7-15-12/h2-7H,14H2,1H3. The van der Waals surface area contributed by atoms with Gasteiger partial charge in [-0.15, -0.1) is 0 Å². The Morgan fingerprint density at radius 3 is 2.65 bits per heavy atom. The molecule has 1 aromatic carbocycles. The molecular formula is C12H11BrN2O2. The van der Waals surface area contributed by atoms with Gasteiger partial charge < -0.3 is 15.2 Å². The molecule has 1 aromatic heterocycles. The summed E-state index contributed by atoms with van der Waals surface area (Å²) in [5, 5.41) is 0. The second kappa shape index (κ2) is 5.05. The first-order valence-electron chi connectivity index (χ1n) is 4.92. The van der Waals surface area contributed by atoms with Gasteiger partial charge in [-0.25, -0.2) is 4.98 Å². The van der Waals surface area contributed by atoms with Crippen LogP contribution in [0.15, 0.2) is 41.0 Å². The van der Waals surface area contributed by atoms with Crippen LogP contribution >= 0.6 is 15.9 Å². The summed E-state index contributed by atoms with van der Waals surface area (Å²) in [6.45, 7) is 0. The van der Waals surface area contributed by atoms with Crippen LogP contribution in [0.1, 0.15) is 0 Å². The summed E-state index contributed by atoms with van der Waals surface area (Å²) in [5.74, 6) is 1.66. The van der Waals surface area contributed by atoms with Crippen molar-refractivity contribution >= 4 is 21.6 Å². The molecule has 5 heteroatoms. The number of nitrogens with zero attached hydrogens (tertiary/aromatic N) is 1. The van der Waals surface area contributed by atoms with E-state index in [9.17, 15) is 0 Å². The zero-order valence-electron chi connectivity index (χ0n) is 9.18. The molecule has 0 aliphatic heterocycles. The van der Waals surface area contributed by atoms with E-state index in [4.69, 9.17) is 15.2 Å². The van der Waals surface area contributed by atoms with E-state index in [0.29, 0.717) is 23.1 Å². The molecule has 1 heterocycles. The summed E-state index contributed by atoms with van der Waals surface area (Å²) >= 11 is 3.31. The Hall–Kier alpha value is -1.75. The normalized spacial score (nSPS) is 10.0. The molecule has 2 aromatic rings. The highest BCUT2D eigenvalue weighted by atomic mass is 79.9. The molecule has 88 valence electrons. The van der Waals surface area contributed by atoms with Crippen molar-refractivity contribution in [2.75, 3.05) is 12.8 Å². The van der Waals surface area contributed by atoms with Gasteiger partial charge >= 0.3 is 0 Å². The van der Waals surface area contributed by atoms with Crippen molar-refractivity contribution in [3.8, 4) is 17.4 Å². The van der Waals surface area contributed by atoms with Crippen molar-refractivity contribution in [1.82, 2.24) is 4.98 Å². The number of ether oxygens (including phenoxy) is 2. The minimum atomic E-state index is 0.497. The van der Waals surface area contributed by atoms with Crippen molar-refractivity contribution in [1.29, 1.82) is 0 Å². The fourth-order valence-electron chi connectivity index (χ4n) is 1.30. The Bertz CT molecular complexity index is 514. The molecule has 0 atom stereocenters. The van der Waals surface area contributed by atoms with Crippen molar-refractivity contribution in [2.24, 2.45) is 0 Å². The molecule has 0 radical (unpaired) electrons. The van der Waals surface area contributed by atoms with Crippen LogP contribution in [-0.4, -0.2) is 12.1 Å². The van der Waals surface area contributed by atoms with Gasteiger partial charge in [0.2, 0.25) is 5.88 Å². The molecule has 0 unspecified atom stereocenters. The molecule has 0 aliphatic carbocycles. The van der Waals surface area contributed by atoms with E-state index >= 15 is 0 Å². The fraction of sp³-hybridized carbons (Fsp3) is 0.0833. The van der Waals surface area contributed by atoms with Crippen molar-refractivity contribution < 1.29 is 9.47 Å². The number of aromatic nitrogens is 1. The lowest BCUT2D eigenvalue weighted by Crippen LogP contribution is -1.93. The zero-order valence-corrected chi connectivity index (χ0v) is 10.8. The molecule has 2 rings (SSSR count). The third-order valence-corrected chi connectivity index (χ3v) is 2.57. The van der Waals surface area contributed by atoms with Gasteiger partial charge in [-0.1, -0.05) is 0 Å². The maximum absolute atomic E-state index is 5.66. The fourth-order valence-corrected chi connectivity index (χ4v) is 1.54. The molecule has 2 N–H and O–H groups in total. The average molecular weight is 295 g/mol. The first kappa shape index (κ1) is 11.7. The van der Waals surface area contributed by atoms with Gasteiger partial charge in [0, 0.05) is 28.5 Å². The number of anilines is 1. The van der Waals surface area contributed by atoms with Gasteiger partial charge in [0.15, 0.2) is 11.5 Å². The maximum Gasteiger partial charge on any atom is 0.219 e. The number of benzene rings is 1. The number of methoxy groups -OCH3 is 1. The topological polar surface area (TPSA) is 57.4 Å². The molecule has 0 saturated heterocycles. The Morgan fingerprint density at radius 1 is 1.18 bits per heavy atom. The van der Waals surface area contributed by atoms with Crippen LogP contribution in [0.25, 0.3) is 0 Å². The van der Waals surface area contributed by atoms with Crippen LogP contribution in [-0.2, 0) is 0 Å². The number of hydrogen-bond donors (Lipinski definition) is 1. The second-order valence-electron chi connectivity index (χ2n) is 3.33. The van der Waals surface area contributed by atoms with Crippen LogP contribution in [0.4, 0.5) is 5.69 Å². The Kier molecular flexibility index (Phi) is 3.49. The molecule has 0 spiro atoms. The SMILES string of the molecule is COc1cc(N)ccc1Oc1ccc(Br)cn1. The molecule has 4 nitrogen and oxygen atoms in total. The van der Waals surface area contributed by atoms with Gasteiger partial charge in [0.25, 0.3) is 0 Å². The third kappa shape index (κ3) is 2.88. The molecule has 0 saturated carbocycles. The van der Waals surface area contributed by atoms with Crippen molar-refractivity contribution in [2.45, 2.75) is 0 Å². The van der Waals surface area contributed by atoms with E-state index < -0.39 is 0 Å². The molecule has 0 bridgehead atoms. The van der Waals surface area contributed by atoms with E-state index in [1.807, 2.05) is 6.07 Å². The lowest BCUT2D eigenvalue weighted by molar-refractivity contribution is 0.374. The highest BCUT2D eigenvalue weighted by Crippen LogP contribution is 2.32. The first-order valence-corrected chi connectivity index (χ1v) is 5.71. The van der Waals surface area contributed by atoms with E-state index in [2.05, 4.69) is 20.9 Å². The van der Waals surface area contributed by atoms with Crippen LogP contribution in [0.3, 0.4) is 0 Å². The quantitative estimate of drug-likeness (QED) is 0.883. The lowest BCUT2D eigenvalue weighted by atomic mass is 10.3. The first-order chi connectivity index (χ1) is 8.19. The maximum atomic E-state index is 5.66. The lowest BCUT2D eigenvalue weighted by Gasteiger charge is -2.09. The van der Waals surface area contributed by atoms with Crippen LogP contribution < -0.4 is 15.2 Å². The molecule has 0 fully saturated rings. The number of rotatable bonds is 3. The summed E-state index contributed by atoms with van der Waals surface area (Å²) in [6, 6.07) is 8.81. The second-order valence-corrected chi connectivity index (χ2v) is 4.24. The monoisotopic (exact) mass is 294 g/mol. The number of nitrogen functional groups attached to an aromatic ring is 1. The number of nitrogens with two attached hydrogens (primary N) is 1. The number of hydrogen-bond acceptors (Lipinski definition) is 4. The molecule has 0 amide bonds. The smallest absolute Gasteiger partial charge is 0.219 e. The summed E-state index contributed by atoms with van der Waals surface area (Å²) in [6.07, 6.45) is 1.67. The largest absolute Gasteiger partial charge is 0.493 e. The predicted octanol–water partition coefficient (Wildman–Crippen LogP) is 3.23. The van der Waals surface area contributed by atoms with Crippen LogP contribution in [0.5, 0.6) is 17.4 Å². The van der Waals surface area contributed by atoms with Crippen molar-refractivity contribution in [3.63, 3.8) is 0 Å². The number of halogens is 1. The van der Waals surface area contributed by atoms with Gasteiger partial charge in [-0.3, -0.25) is 0 Å². The van der Waals surface area contributed by atoms with E-state index in [0.717, 1.165) is 4.47 Å². The zero-order chi connectivity index (χ0) is 12.3. The summed E-state index contributed by atoms with van der Waals surface area (Å²) in [5.41, 5.74) is 6.28. The molecule has 0 aliphatic rings. The number of pyridine rings is 1. The Morgan fingerprint density at radius 2 is 2.00 bits per heavy atom. The molecule has 17 heavy (non-hydrogen) atoms. The van der Waals surface area contributed by atoms with E-state index in [1.165, 1.54) is 0 Å². The van der Waals surface area contributed by atoms with Gasteiger partial charge in [0.05, 0.1) is 7.11 Å². The van der Waals surface area contributed by atoms with Crippen LogP contribution in [0.2, 0.25) is 0 Å². The highest BCUT2D eigenvalue weighted by Gasteiger charge is 2.06. The minimum absolute atomic E-state index is 0.497. The minimum Gasteiger partial charge on any atom is -0.493 e.